The highest BCUT2D eigenvalue weighted by molar-refractivity contribution is 5.07. The molecule has 1 aliphatic carbocycles. The van der Waals surface area contributed by atoms with Crippen molar-refractivity contribution in [3.8, 4) is 0 Å². The summed E-state index contributed by atoms with van der Waals surface area (Å²) in [4.78, 5) is 2.57. The van der Waals surface area contributed by atoms with Crippen molar-refractivity contribution in [3.63, 3.8) is 0 Å². The average Bonchev–Trinajstić information content (AvgIpc) is 2.71. The Morgan fingerprint density at radius 2 is 1.80 bits per heavy atom. The topological polar surface area (TPSA) is 61.5 Å². The highest BCUT2D eigenvalue weighted by Crippen LogP contribution is 2.40. The van der Waals surface area contributed by atoms with Crippen molar-refractivity contribution in [1.82, 2.24) is 10.2 Å². The Hall–Kier alpha value is -0.160. The molecule has 0 aromatic heterocycles. The summed E-state index contributed by atoms with van der Waals surface area (Å²) in [6.07, 6.45) is 9.97. The molecule has 0 radical (unpaired) electrons. The maximum Gasteiger partial charge on any atom is 0.0474 e. The van der Waals surface area contributed by atoms with Crippen LogP contribution in [-0.2, 0) is 0 Å². The van der Waals surface area contributed by atoms with Gasteiger partial charge in [-0.3, -0.25) is 0 Å². The molecule has 116 valence electrons. The number of hydrogen-bond acceptors (Lipinski definition) is 4. The quantitative estimate of drug-likeness (QED) is 0.722. The summed E-state index contributed by atoms with van der Waals surface area (Å²) in [7, 11) is 2.28. The molecular formula is C16H31N3O. The zero-order valence-electron chi connectivity index (χ0n) is 12.9. The second-order valence-electron chi connectivity index (χ2n) is 7.42. The van der Waals surface area contributed by atoms with Crippen LogP contribution >= 0.6 is 0 Å². The van der Waals surface area contributed by atoms with E-state index in [0.29, 0.717) is 30.7 Å². The molecule has 0 amide bonds. The maximum atomic E-state index is 9.63. The zero-order chi connectivity index (χ0) is 14.2. The summed E-state index contributed by atoms with van der Waals surface area (Å²) in [6.45, 7) is 1.06. The number of nitrogens with zero attached hydrogens (tertiary/aromatic N) is 1. The van der Waals surface area contributed by atoms with Crippen molar-refractivity contribution < 1.29 is 5.11 Å². The Balaban J connectivity index is 1.70. The van der Waals surface area contributed by atoms with E-state index < -0.39 is 0 Å². The van der Waals surface area contributed by atoms with E-state index in [1.165, 1.54) is 51.4 Å². The Morgan fingerprint density at radius 3 is 2.40 bits per heavy atom. The molecule has 1 saturated carbocycles. The van der Waals surface area contributed by atoms with E-state index in [1.807, 2.05) is 0 Å². The van der Waals surface area contributed by atoms with Gasteiger partial charge in [-0.1, -0.05) is 12.8 Å². The molecule has 2 heterocycles. The fraction of sp³-hybridized carbons (Fsp3) is 1.00. The van der Waals surface area contributed by atoms with Crippen molar-refractivity contribution >= 4 is 0 Å². The average molecular weight is 281 g/mol. The van der Waals surface area contributed by atoms with Gasteiger partial charge < -0.3 is 21.1 Å². The van der Waals surface area contributed by atoms with Crippen LogP contribution < -0.4 is 11.1 Å². The smallest absolute Gasteiger partial charge is 0.0474 e. The number of hydrogen-bond donors (Lipinski definition) is 3. The third-order valence-corrected chi connectivity index (χ3v) is 6.26. The molecule has 0 aromatic rings. The van der Waals surface area contributed by atoms with Gasteiger partial charge in [0.1, 0.15) is 0 Å². The van der Waals surface area contributed by atoms with Crippen molar-refractivity contribution in [2.75, 3.05) is 20.2 Å². The highest BCUT2D eigenvalue weighted by atomic mass is 16.3. The molecule has 0 spiro atoms. The summed E-state index contributed by atoms with van der Waals surface area (Å²) >= 11 is 0. The number of fused-ring (bicyclic) bond motifs is 2. The van der Waals surface area contributed by atoms with E-state index in [-0.39, 0.29) is 5.54 Å². The Morgan fingerprint density at radius 1 is 1.15 bits per heavy atom. The van der Waals surface area contributed by atoms with Gasteiger partial charge in [0.25, 0.3) is 0 Å². The second kappa shape index (κ2) is 5.91. The van der Waals surface area contributed by atoms with E-state index in [2.05, 4.69) is 17.3 Å². The van der Waals surface area contributed by atoms with Crippen LogP contribution in [0.4, 0.5) is 0 Å². The molecule has 4 unspecified atom stereocenters. The Kier molecular flexibility index (Phi) is 4.37. The maximum absolute atomic E-state index is 9.63. The van der Waals surface area contributed by atoms with Gasteiger partial charge in [0.15, 0.2) is 0 Å². The summed E-state index contributed by atoms with van der Waals surface area (Å²) in [5.74, 6) is 0.435. The van der Waals surface area contributed by atoms with Gasteiger partial charge in [-0.2, -0.15) is 0 Å². The molecule has 4 nitrogen and oxygen atoms in total. The van der Waals surface area contributed by atoms with Crippen molar-refractivity contribution in [2.45, 2.75) is 75.0 Å². The SMILES string of the molecule is CN1C2CCC1CC(CN)(NC1CCCCC1CO)C2. The molecule has 4 heteroatoms. The first-order valence-corrected chi connectivity index (χ1v) is 8.48. The molecule has 2 bridgehead atoms. The number of piperidine rings is 1. The minimum atomic E-state index is 0.119. The molecular weight excluding hydrogens is 250 g/mol. The molecule has 3 aliphatic rings. The molecule has 3 rings (SSSR count). The number of rotatable bonds is 4. The third-order valence-electron chi connectivity index (χ3n) is 6.26. The van der Waals surface area contributed by atoms with E-state index in [1.54, 1.807) is 0 Å². The van der Waals surface area contributed by atoms with Crippen LogP contribution in [0.5, 0.6) is 0 Å². The van der Waals surface area contributed by atoms with Gasteiger partial charge in [-0.05, 0) is 51.5 Å². The van der Waals surface area contributed by atoms with Crippen molar-refractivity contribution in [1.29, 1.82) is 0 Å². The first-order chi connectivity index (χ1) is 9.67. The summed E-state index contributed by atoms with van der Waals surface area (Å²) in [6, 6.07) is 1.89. The largest absolute Gasteiger partial charge is 0.396 e. The molecule has 2 aliphatic heterocycles. The number of nitrogens with two attached hydrogens (primary N) is 1. The number of aliphatic hydroxyl groups excluding tert-OH is 1. The third kappa shape index (κ3) is 2.63. The fourth-order valence-corrected chi connectivity index (χ4v) is 4.92. The molecule has 2 saturated heterocycles. The monoisotopic (exact) mass is 281 g/mol. The standard InChI is InChI=1S/C16H31N3O/c1-19-13-6-7-14(19)9-16(8-13,11-17)18-15-5-3-2-4-12(15)10-20/h12-15,18,20H,2-11,17H2,1H3. The van der Waals surface area contributed by atoms with Gasteiger partial charge in [0.2, 0.25) is 0 Å². The van der Waals surface area contributed by atoms with Gasteiger partial charge >= 0.3 is 0 Å². The summed E-state index contributed by atoms with van der Waals surface area (Å²) in [5.41, 5.74) is 6.32. The van der Waals surface area contributed by atoms with Crippen molar-refractivity contribution in [3.05, 3.63) is 0 Å². The van der Waals surface area contributed by atoms with Gasteiger partial charge in [0, 0.05) is 36.8 Å². The summed E-state index contributed by atoms with van der Waals surface area (Å²) < 4.78 is 0. The molecule has 4 atom stereocenters. The highest BCUT2D eigenvalue weighted by Gasteiger charge is 2.47. The van der Waals surface area contributed by atoms with Crippen LogP contribution in [-0.4, -0.2) is 53.9 Å². The van der Waals surface area contributed by atoms with E-state index in [0.717, 1.165) is 6.54 Å². The normalized spacial score (nSPS) is 45.8. The van der Waals surface area contributed by atoms with E-state index in [9.17, 15) is 5.11 Å². The summed E-state index contributed by atoms with van der Waals surface area (Å²) in [5, 5.41) is 13.6. The fourth-order valence-electron chi connectivity index (χ4n) is 4.92. The lowest BCUT2D eigenvalue weighted by molar-refractivity contribution is 0.0620. The lowest BCUT2D eigenvalue weighted by Crippen LogP contribution is -2.64. The molecule has 0 aromatic carbocycles. The molecule has 20 heavy (non-hydrogen) atoms. The zero-order valence-corrected chi connectivity index (χ0v) is 12.9. The van der Waals surface area contributed by atoms with E-state index in [4.69, 9.17) is 5.73 Å². The van der Waals surface area contributed by atoms with E-state index >= 15 is 0 Å². The van der Waals surface area contributed by atoms with Gasteiger partial charge in [-0.25, -0.2) is 0 Å². The Labute approximate surface area is 123 Å². The lowest BCUT2D eigenvalue weighted by atomic mass is 9.78. The van der Waals surface area contributed by atoms with Crippen LogP contribution in [0.2, 0.25) is 0 Å². The minimum absolute atomic E-state index is 0.119. The minimum Gasteiger partial charge on any atom is -0.396 e. The van der Waals surface area contributed by atoms with Gasteiger partial charge in [0.05, 0.1) is 0 Å². The Bertz CT molecular complexity index is 322. The van der Waals surface area contributed by atoms with Crippen LogP contribution in [0, 0.1) is 5.92 Å². The second-order valence-corrected chi connectivity index (χ2v) is 7.42. The van der Waals surface area contributed by atoms with Gasteiger partial charge in [-0.15, -0.1) is 0 Å². The van der Waals surface area contributed by atoms with Crippen LogP contribution in [0.1, 0.15) is 51.4 Å². The number of aliphatic hydroxyl groups is 1. The predicted octanol–water partition coefficient (Wildman–Crippen LogP) is 1.08. The first kappa shape index (κ1) is 14.8. The lowest BCUT2D eigenvalue weighted by Gasteiger charge is -2.48. The number of nitrogens with one attached hydrogen (secondary N) is 1. The predicted molar refractivity (Wildman–Crippen MR) is 81.6 cm³/mol. The molecule has 3 fully saturated rings. The van der Waals surface area contributed by atoms with Crippen LogP contribution in [0.25, 0.3) is 0 Å². The van der Waals surface area contributed by atoms with Crippen LogP contribution in [0.3, 0.4) is 0 Å². The van der Waals surface area contributed by atoms with Crippen LogP contribution in [0.15, 0.2) is 0 Å². The first-order valence-electron chi connectivity index (χ1n) is 8.48. The molecule has 4 N–H and O–H groups in total. The van der Waals surface area contributed by atoms with Crippen molar-refractivity contribution in [2.24, 2.45) is 11.7 Å².